The zero-order valence-electron chi connectivity index (χ0n) is 5.59. The minimum atomic E-state index is 0.165. The van der Waals surface area contributed by atoms with Gasteiger partial charge >= 0.3 is 0 Å². The maximum absolute atomic E-state index is 8.78. The second kappa shape index (κ2) is 3.96. The van der Waals surface area contributed by atoms with Crippen LogP contribution in [0.3, 0.4) is 0 Å². The van der Waals surface area contributed by atoms with E-state index in [9.17, 15) is 0 Å². The molecule has 0 aromatic carbocycles. The van der Waals surface area contributed by atoms with Crippen molar-refractivity contribution in [3.8, 4) is 0 Å². The predicted octanol–water partition coefficient (Wildman–Crippen LogP) is 2.39. The molecule has 0 unspecified atom stereocenters. The van der Waals surface area contributed by atoms with E-state index in [1.165, 1.54) is 6.08 Å². The van der Waals surface area contributed by atoms with Gasteiger partial charge in [0.05, 0.1) is 0 Å². The summed E-state index contributed by atoms with van der Waals surface area (Å²) in [5.74, 6) is 0.165. The Morgan fingerprint density at radius 3 is 2.33 bits per heavy atom. The second-order valence-corrected chi connectivity index (χ2v) is 1.81. The molecular formula is C8H11O. The van der Waals surface area contributed by atoms with E-state index in [1.807, 2.05) is 6.92 Å². The lowest BCUT2D eigenvalue weighted by molar-refractivity contribution is 0.432. The van der Waals surface area contributed by atoms with E-state index < -0.39 is 0 Å². The van der Waals surface area contributed by atoms with Gasteiger partial charge in [0.15, 0.2) is 0 Å². The molecule has 0 bridgehead atoms. The molecule has 0 spiro atoms. The third kappa shape index (κ3) is 4.88. The summed E-state index contributed by atoms with van der Waals surface area (Å²) in [6, 6.07) is 0. The first kappa shape index (κ1) is 8.02. The minimum Gasteiger partial charge on any atom is -0.508 e. The third-order valence-electron chi connectivity index (χ3n) is 0.748. The summed E-state index contributed by atoms with van der Waals surface area (Å²) in [7, 11) is 0. The van der Waals surface area contributed by atoms with Gasteiger partial charge in [-0.2, -0.15) is 0 Å². The van der Waals surface area contributed by atoms with Crippen molar-refractivity contribution < 1.29 is 5.11 Å². The highest BCUT2D eigenvalue weighted by Crippen LogP contribution is 1.94. The van der Waals surface area contributed by atoms with Gasteiger partial charge in [0, 0.05) is 0 Å². The molecule has 1 heteroatoms. The first-order valence-corrected chi connectivity index (χ1v) is 2.68. The molecule has 0 aromatic heterocycles. The van der Waals surface area contributed by atoms with E-state index in [0.29, 0.717) is 0 Å². The number of rotatable bonds is 2. The number of hydrogen-bond acceptors (Lipinski definition) is 1. The van der Waals surface area contributed by atoms with Crippen molar-refractivity contribution in [3.05, 3.63) is 43.1 Å². The van der Waals surface area contributed by atoms with Gasteiger partial charge in [-0.1, -0.05) is 18.2 Å². The van der Waals surface area contributed by atoms with Crippen molar-refractivity contribution in [2.45, 2.75) is 6.92 Å². The van der Waals surface area contributed by atoms with Gasteiger partial charge in [0.25, 0.3) is 0 Å². The Morgan fingerprint density at radius 2 is 2.00 bits per heavy atom. The Labute approximate surface area is 56.0 Å². The fraction of sp³-hybridized carbons (Fsp3) is 0.125. The quantitative estimate of drug-likeness (QED) is 0.441. The molecule has 49 valence electrons. The number of aliphatic hydroxyl groups excluding tert-OH is 1. The molecule has 1 N–H and O–H groups in total. The molecular weight excluding hydrogens is 112 g/mol. The molecule has 0 amide bonds. The van der Waals surface area contributed by atoms with Crippen molar-refractivity contribution in [1.82, 2.24) is 0 Å². The standard InChI is InChI=1S/C8H11O/c1-4-8(9)6-5-7(2)3/h4-6,9H,1-2H2,3H3/b6-5-,8-4+. The molecule has 1 nitrogen and oxygen atoms in total. The summed E-state index contributed by atoms with van der Waals surface area (Å²) in [4.78, 5) is 0. The maximum Gasteiger partial charge on any atom is 0.111 e. The smallest absolute Gasteiger partial charge is 0.111 e. The molecule has 0 aliphatic carbocycles. The molecule has 0 rings (SSSR count). The van der Waals surface area contributed by atoms with Crippen LogP contribution in [-0.4, -0.2) is 5.11 Å². The second-order valence-electron chi connectivity index (χ2n) is 1.81. The normalized spacial score (nSPS) is 12.4. The Kier molecular flexibility index (Phi) is 3.52. The van der Waals surface area contributed by atoms with Gasteiger partial charge in [-0.15, -0.1) is 0 Å². The highest BCUT2D eigenvalue weighted by molar-refractivity contribution is 5.20. The average molecular weight is 123 g/mol. The van der Waals surface area contributed by atoms with Crippen LogP contribution < -0.4 is 0 Å². The van der Waals surface area contributed by atoms with E-state index in [0.717, 1.165) is 5.57 Å². The fourth-order valence-corrected chi connectivity index (χ4v) is 0.296. The van der Waals surface area contributed by atoms with Crippen LogP contribution in [0.15, 0.2) is 36.1 Å². The van der Waals surface area contributed by atoms with Gasteiger partial charge in [0.1, 0.15) is 5.76 Å². The van der Waals surface area contributed by atoms with Gasteiger partial charge in [-0.25, -0.2) is 0 Å². The number of hydrogen-bond donors (Lipinski definition) is 1. The average Bonchev–Trinajstić information content (AvgIpc) is 1.83. The molecule has 0 aromatic rings. The van der Waals surface area contributed by atoms with Crippen LogP contribution in [-0.2, 0) is 0 Å². The summed E-state index contributed by atoms with van der Waals surface area (Å²) in [5, 5.41) is 8.78. The largest absolute Gasteiger partial charge is 0.508 e. The lowest BCUT2D eigenvalue weighted by Gasteiger charge is -1.86. The highest BCUT2D eigenvalue weighted by atomic mass is 16.3. The van der Waals surface area contributed by atoms with Crippen molar-refractivity contribution in [3.63, 3.8) is 0 Å². The zero-order chi connectivity index (χ0) is 7.28. The lowest BCUT2D eigenvalue weighted by atomic mass is 10.3. The van der Waals surface area contributed by atoms with Crippen LogP contribution >= 0.6 is 0 Å². The van der Waals surface area contributed by atoms with E-state index >= 15 is 0 Å². The molecule has 0 aliphatic rings. The summed E-state index contributed by atoms with van der Waals surface area (Å²) in [6.45, 7) is 8.84. The Morgan fingerprint density at radius 1 is 1.44 bits per heavy atom. The van der Waals surface area contributed by atoms with Crippen LogP contribution in [0.25, 0.3) is 0 Å². The van der Waals surface area contributed by atoms with E-state index in [1.54, 1.807) is 12.2 Å². The Bertz CT molecular complexity index is 152. The zero-order valence-corrected chi connectivity index (χ0v) is 5.59. The molecule has 0 fully saturated rings. The number of aliphatic hydroxyl groups is 1. The molecule has 0 aliphatic heterocycles. The monoisotopic (exact) mass is 123 g/mol. The topological polar surface area (TPSA) is 20.2 Å². The molecule has 0 atom stereocenters. The van der Waals surface area contributed by atoms with Crippen molar-refractivity contribution in [2.75, 3.05) is 0 Å². The summed E-state index contributed by atoms with van der Waals surface area (Å²) < 4.78 is 0. The van der Waals surface area contributed by atoms with Gasteiger partial charge in [0.2, 0.25) is 0 Å². The van der Waals surface area contributed by atoms with Crippen LogP contribution in [0.2, 0.25) is 0 Å². The van der Waals surface area contributed by atoms with Gasteiger partial charge in [-0.05, 0) is 26.0 Å². The Balaban J connectivity index is 3.86. The van der Waals surface area contributed by atoms with Crippen molar-refractivity contribution in [1.29, 1.82) is 0 Å². The van der Waals surface area contributed by atoms with Crippen LogP contribution in [0.5, 0.6) is 0 Å². The predicted molar refractivity (Wildman–Crippen MR) is 40.0 cm³/mol. The highest BCUT2D eigenvalue weighted by Gasteiger charge is 1.78. The van der Waals surface area contributed by atoms with Gasteiger partial charge in [-0.3, -0.25) is 0 Å². The van der Waals surface area contributed by atoms with Crippen LogP contribution in [0.1, 0.15) is 6.92 Å². The number of allylic oxidation sites excluding steroid dienone is 4. The fourth-order valence-electron chi connectivity index (χ4n) is 0.296. The van der Waals surface area contributed by atoms with Gasteiger partial charge < -0.3 is 5.11 Å². The summed E-state index contributed by atoms with van der Waals surface area (Å²) in [5.41, 5.74) is 0.906. The Hall–Kier alpha value is -0.980. The molecule has 0 heterocycles. The molecule has 9 heavy (non-hydrogen) atoms. The molecule has 0 saturated carbocycles. The SMILES string of the molecule is [CH2]/C=C(O)\C=C/C(=C)C. The first-order chi connectivity index (χ1) is 4.16. The summed E-state index contributed by atoms with van der Waals surface area (Å²) in [6.07, 6.45) is 4.64. The van der Waals surface area contributed by atoms with E-state index in [4.69, 9.17) is 5.11 Å². The first-order valence-electron chi connectivity index (χ1n) is 2.68. The maximum atomic E-state index is 8.78. The third-order valence-corrected chi connectivity index (χ3v) is 0.748. The molecule has 1 radical (unpaired) electrons. The van der Waals surface area contributed by atoms with E-state index in [-0.39, 0.29) is 5.76 Å². The van der Waals surface area contributed by atoms with Crippen molar-refractivity contribution in [2.24, 2.45) is 0 Å². The lowest BCUT2D eigenvalue weighted by Crippen LogP contribution is -1.70. The minimum absolute atomic E-state index is 0.165. The summed E-state index contributed by atoms with van der Waals surface area (Å²) >= 11 is 0. The molecule has 0 saturated heterocycles. The van der Waals surface area contributed by atoms with E-state index in [2.05, 4.69) is 13.5 Å². The van der Waals surface area contributed by atoms with Crippen molar-refractivity contribution >= 4 is 0 Å². The van der Waals surface area contributed by atoms with Crippen LogP contribution in [0.4, 0.5) is 0 Å². The van der Waals surface area contributed by atoms with Crippen LogP contribution in [0, 0.1) is 6.92 Å².